The summed E-state index contributed by atoms with van der Waals surface area (Å²) in [5.74, 6) is -0.126. The van der Waals surface area contributed by atoms with Crippen molar-refractivity contribution in [2.45, 2.75) is 64.2 Å². The minimum Gasteiger partial charge on any atom is -0.473 e. The highest BCUT2D eigenvalue weighted by Gasteiger charge is 2.74. The van der Waals surface area contributed by atoms with Gasteiger partial charge >= 0.3 is 5.97 Å². The number of carbonyl (C=O) groups excluding carboxylic acids is 3. The number of hydrogen-bond acceptors (Lipinski definition) is 7. The molecule has 1 aliphatic heterocycles. The number of carbonyl (C=O) groups is 3. The van der Waals surface area contributed by atoms with Gasteiger partial charge in [0.1, 0.15) is 11.6 Å². The highest BCUT2D eigenvalue weighted by Crippen LogP contribution is 2.68. The van der Waals surface area contributed by atoms with Crippen molar-refractivity contribution in [3.63, 3.8) is 0 Å². The van der Waals surface area contributed by atoms with Gasteiger partial charge < -0.3 is 19.9 Å². The van der Waals surface area contributed by atoms with E-state index in [0.717, 1.165) is 18.4 Å². The average Bonchev–Trinajstić information content (AvgIpc) is 3.17. The van der Waals surface area contributed by atoms with Gasteiger partial charge in [0.05, 0.1) is 6.10 Å². The molecule has 1 heterocycles. The highest BCUT2D eigenvalue weighted by molar-refractivity contribution is 6.01. The van der Waals surface area contributed by atoms with Crippen molar-refractivity contribution in [2.75, 3.05) is 6.61 Å². The molecule has 32 heavy (non-hydrogen) atoms. The van der Waals surface area contributed by atoms with Crippen LogP contribution in [0.2, 0.25) is 0 Å². The third kappa shape index (κ3) is 2.60. The van der Waals surface area contributed by atoms with E-state index in [9.17, 15) is 19.5 Å². The molecule has 4 aliphatic carbocycles. The molecule has 0 spiro atoms. The molecule has 5 rings (SSSR count). The van der Waals surface area contributed by atoms with Gasteiger partial charge in [-0.2, -0.15) is 0 Å². The number of Topliss-reactive ketones (excluding diaryl/α,β-unsaturated/α-hetero) is 1. The summed E-state index contributed by atoms with van der Waals surface area (Å²) in [7, 11) is 0. The molecule has 8 atom stereocenters. The number of fused-ring (bicyclic) bond motifs is 7. The SMILES string of the molecule is C=C1N[C@]2(C(=O)COC(C)=O)[C@@H](C[C@H]3[C@@H]4CCC5=CC(=O)C=C[C@]5(C)C4[C@@H](O)C[C@@]32C)O1. The summed E-state index contributed by atoms with van der Waals surface area (Å²) >= 11 is 0. The Morgan fingerprint density at radius 2 is 2.12 bits per heavy atom. The second-order valence-electron chi connectivity index (χ2n) is 10.6. The summed E-state index contributed by atoms with van der Waals surface area (Å²) in [6.45, 7) is 9.03. The van der Waals surface area contributed by atoms with Crippen LogP contribution in [0.3, 0.4) is 0 Å². The Balaban J connectivity index is 1.55. The molecule has 5 aliphatic rings. The fraction of sp³-hybridized carbons (Fsp3) is 0.640. The van der Waals surface area contributed by atoms with Gasteiger partial charge in [-0.15, -0.1) is 0 Å². The second-order valence-corrected chi connectivity index (χ2v) is 10.6. The van der Waals surface area contributed by atoms with Crippen LogP contribution >= 0.6 is 0 Å². The summed E-state index contributed by atoms with van der Waals surface area (Å²) < 4.78 is 11.1. The molecule has 0 aromatic carbocycles. The van der Waals surface area contributed by atoms with E-state index in [1.54, 1.807) is 12.2 Å². The maximum absolute atomic E-state index is 13.6. The van der Waals surface area contributed by atoms with Crippen molar-refractivity contribution >= 4 is 17.5 Å². The molecular formula is C25H31NO6. The predicted octanol–water partition coefficient (Wildman–Crippen LogP) is 2.21. The van der Waals surface area contributed by atoms with Crippen LogP contribution in [0.4, 0.5) is 0 Å². The first kappa shape index (κ1) is 21.4. The van der Waals surface area contributed by atoms with Crippen molar-refractivity contribution < 1.29 is 29.0 Å². The highest BCUT2D eigenvalue weighted by atomic mass is 16.5. The van der Waals surface area contributed by atoms with E-state index in [4.69, 9.17) is 9.47 Å². The molecule has 7 heteroatoms. The van der Waals surface area contributed by atoms with E-state index < -0.39 is 29.1 Å². The average molecular weight is 442 g/mol. The Kier molecular flexibility index (Phi) is 4.55. The standard InChI is InChI=1S/C25H31NO6/c1-13-26-25(20(30)12-31-14(2)27)21(32-13)10-18-17-6-5-15-9-16(28)7-8-23(15,3)22(17)19(29)11-24(18,25)4/h7-9,17-19,21-22,26,29H,1,5-6,10-12H2,2-4H3/t17-,18-,19-,21+,22?,23-,24-,25+/m0/s1. The fourth-order valence-corrected chi connectivity index (χ4v) is 7.97. The number of rotatable bonds is 3. The van der Waals surface area contributed by atoms with E-state index in [1.807, 2.05) is 6.08 Å². The van der Waals surface area contributed by atoms with E-state index in [-0.39, 0.29) is 41.3 Å². The van der Waals surface area contributed by atoms with Crippen LogP contribution in [0.1, 0.15) is 46.5 Å². The Hall–Kier alpha value is -2.41. The molecular weight excluding hydrogens is 410 g/mol. The minimum absolute atomic E-state index is 0.00703. The van der Waals surface area contributed by atoms with E-state index in [0.29, 0.717) is 18.7 Å². The topological polar surface area (TPSA) is 102 Å². The molecule has 4 fully saturated rings. The maximum Gasteiger partial charge on any atom is 0.303 e. The fourth-order valence-electron chi connectivity index (χ4n) is 7.97. The zero-order valence-corrected chi connectivity index (χ0v) is 18.8. The number of ether oxygens (including phenoxy) is 2. The number of ketones is 2. The van der Waals surface area contributed by atoms with Crippen molar-refractivity contribution in [3.05, 3.63) is 36.3 Å². The van der Waals surface area contributed by atoms with E-state index >= 15 is 0 Å². The van der Waals surface area contributed by atoms with Crippen LogP contribution < -0.4 is 5.32 Å². The number of esters is 1. The van der Waals surface area contributed by atoms with Crippen molar-refractivity contribution in [3.8, 4) is 0 Å². The molecule has 0 amide bonds. The predicted molar refractivity (Wildman–Crippen MR) is 115 cm³/mol. The first-order valence-corrected chi connectivity index (χ1v) is 11.5. The number of aliphatic hydroxyl groups excluding tert-OH is 1. The zero-order chi connectivity index (χ0) is 23.1. The lowest BCUT2D eigenvalue weighted by molar-refractivity contribution is -0.156. The van der Waals surface area contributed by atoms with Crippen LogP contribution in [0, 0.1) is 28.6 Å². The van der Waals surface area contributed by atoms with Gasteiger partial charge in [0.2, 0.25) is 0 Å². The van der Waals surface area contributed by atoms with Gasteiger partial charge in [0.15, 0.2) is 24.1 Å². The Morgan fingerprint density at radius 3 is 2.84 bits per heavy atom. The number of aliphatic hydroxyl groups is 1. The molecule has 7 nitrogen and oxygen atoms in total. The van der Waals surface area contributed by atoms with Gasteiger partial charge in [0.25, 0.3) is 0 Å². The quantitative estimate of drug-likeness (QED) is 0.648. The Labute approximate surface area is 187 Å². The van der Waals surface area contributed by atoms with Crippen LogP contribution in [0.5, 0.6) is 0 Å². The normalized spacial score (nSPS) is 46.1. The van der Waals surface area contributed by atoms with Crippen molar-refractivity contribution in [2.24, 2.45) is 28.6 Å². The summed E-state index contributed by atoms with van der Waals surface area (Å²) in [5.41, 5.74) is -0.968. The van der Waals surface area contributed by atoms with Gasteiger partial charge in [-0.3, -0.25) is 14.4 Å². The van der Waals surface area contributed by atoms with Crippen molar-refractivity contribution in [1.82, 2.24) is 5.32 Å². The Bertz CT molecular complexity index is 983. The van der Waals surface area contributed by atoms with Gasteiger partial charge in [-0.25, -0.2) is 0 Å². The second kappa shape index (κ2) is 6.80. The number of nitrogens with one attached hydrogen (secondary N) is 1. The van der Waals surface area contributed by atoms with Crippen LogP contribution in [0.25, 0.3) is 0 Å². The summed E-state index contributed by atoms with van der Waals surface area (Å²) in [6.07, 6.45) is 6.98. The summed E-state index contributed by atoms with van der Waals surface area (Å²) in [4.78, 5) is 36.9. The third-order valence-electron chi connectivity index (χ3n) is 9.21. The molecule has 1 saturated heterocycles. The zero-order valence-electron chi connectivity index (χ0n) is 18.8. The molecule has 172 valence electrons. The van der Waals surface area contributed by atoms with Gasteiger partial charge in [-0.1, -0.05) is 25.5 Å². The minimum atomic E-state index is -1.09. The lowest BCUT2D eigenvalue weighted by atomic mass is 9.46. The first-order chi connectivity index (χ1) is 15.0. The molecule has 0 radical (unpaired) electrons. The molecule has 0 aromatic rings. The summed E-state index contributed by atoms with van der Waals surface area (Å²) in [6, 6.07) is 0. The van der Waals surface area contributed by atoms with Gasteiger partial charge in [-0.05, 0) is 56.3 Å². The maximum atomic E-state index is 13.6. The lowest BCUT2D eigenvalue weighted by Crippen LogP contribution is -2.67. The third-order valence-corrected chi connectivity index (χ3v) is 9.21. The smallest absolute Gasteiger partial charge is 0.303 e. The van der Waals surface area contributed by atoms with Crippen LogP contribution in [-0.4, -0.2) is 47.0 Å². The lowest BCUT2D eigenvalue weighted by Gasteiger charge is -2.59. The number of hydrogen-bond donors (Lipinski definition) is 2. The molecule has 0 aromatic heterocycles. The summed E-state index contributed by atoms with van der Waals surface area (Å²) in [5, 5.41) is 14.8. The first-order valence-electron chi connectivity index (χ1n) is 11.5. The molecule has 0 bridgehead atoms. The number of allylic oxidation sites excluding steroid dienone is 4. The van der Waals surface area contributed by atoms with Crippen LogP contribution in [0.15, 0.2) is 36.3 Å². The van der Waals surface area contributed by atoms with E-state index in [2.05, 4.69) is 25.7 Å². The molecule has 3 saturated carbocycles. The van der Waals surface area contributed by atoms with Crippen LogP contribution in [-0.2, 0) is 23.9 Å². The molecule has 1 unspecified atom stereocenters. The van der Waals surface area contributed by atoms with Gasteiger partial charge in [0, 0.05) is 23.7 Å². The largest absolute Gasteiger partial charge is 0.473 e. The monoisotopic (exact) mass is 441 g/mol. The molecule has 2 N–H and O–H groups in total. The van der Waals surface area contributed by atoms with Crippen molar-refractivity contribution in [1.29, 1.82) is 0 Å². The van der Waals surface area contributed by atoms with E-state index in [1.165, 1.54) is 6.92 Å². The Morgan fingerprint density at radius 1 is 1.38 bits per heavy atom.